The van der Waals surface area contributed by atoms with Gasteiger partial charge in [0.05, 0.1) is 11.5 Å². The van der Waals surface area contributed by atoms with Crippen LogP contribution in [0.3, 0.4) is 0 Å². The van der Waals surface area contributed by atoms with Gasteiger partial charge in [-0.1, -0.05) is 18.2 Å². The van der Waals surface area contributed by atoms with Crippen molar-refractivity contribution in [3.05, 3.63) is 68.4 Å². The number of hydrogen-bond donors (Lipinski definition) is 0. The summed E-state index contributed by atoms with van der Waals surface area (Å²) in [5, 5.41) is 11.0. The van der Waals surface area contributed by atoms with Crippen molar-refractivity contribution in [2.45, 2.75) is 6.54 Å². The molecule has 0 unspecified atom stereocenters. The summed E-state index contributed by atoms with van der Waals surface area (Å²) in [6, 6.07) is 9.59. The molecule has 1 heterocycles. The molecule has 1 aromatic carbocycles. The third kappa shape index (κ3) is 3.63. The summed E-state index contributed by atoms with van der Waals surface area (Å²) in [5.74, 6) is -0.226. The lowest BCUT2D eigenvalue weighted by Gasteiger charge is -2.17. The number of pyridine rings is 1. The Labute approximate surface area is 129 Å². The number of halogens is 1. The van der Waals surface area contributed by atoms with E-state index in [1.54, 1.807) is 37.4 Å². The summed E-state index contributed by atoms with van der Waals surface area (Å²) in [5.41, 5.74) is 0.970. The van der Waals surface area contributed by atoms with Crippen LogP contribution in [0.5, 0.6) is 0 Å². The molecule has 0 aliphatic carbocycles. The monoisotopic (exact) mass is 349 g/mol. The molecule has 108 valence electrons. The number of rotatable bonds is 4. The van der Waals surface area contributed by atoms with E-state index in [0.717, 1.165) is 0 Å². The predicted molar refractivity (Wildman–Crippen MR) is 80.8 cm³/mol. The first kappa shape index (κ1) is 15.1. The first-order valence-corrected chi connectivity index (χ1v) is 6.87. The van der Waals surface area contributed by atoms with Gasteiger partial charge in [0.1, 0.15) is 4.60 Å². The summed E-state index contributed by atoms with van der Waals surface area (Å²) < 4.78 is 0.562. The second-order valence-corrected chi connectivity index (χ2v) is 5.23. The van der Waals surface area contributed by atoms with E-state index in [0.29, 0.717) is 15.7 Å². The lowest BCUT2D eigenvalue weighted by molar-refractivity contribution is -0.385. The summed E-state index contributed by atoms with van der Waals surface area (Å²) in [7, 11) is 1.60. The Morgan fingerprint density at radius 2 is 2.10 bits per heavy atom. The van der Waals surface area contributed by atoms with Crippen molar-refractivity contribution in [2.24, 2.45) is 0 Å². The van der Waals surface area contributed by atoms with Gasteiger partial charge in [0.15, 0.2) is 0 Å². The van der Waals surface area contributed by atoms with E-state index in [-0.39, 0.29) is 18.1 Å². The number of benzene rings is 1. The molecule has 0 saturated heterocycles. The van der Waals surface area contributed by atoms with E-state index in [9.17, 15) is 14.9 Å². The Morgan fingerprint density at radius 3 is 2.76 bits per heavy atom. The molecule has 0 saturated carbocycles. The maximum Gasteiger partial charge on any atom is 0.274 e. The Morgan fingerprint density at radius 1 is 1.38 bits per heavy atom. The molecule has 0 radical (unpaired) electrons. The number of carbonyl (C=O) groups excluding carboxylic acids is 1. The van der Waals surface area contributed by atoms with E-state index in [2.05, 4.69) is 20.9 Å². The number of nitro groups is 1. The van der Waals surface area contributed by atoms with E-state index in [1.807, 2.05) is 0 Å². The Bertz CT molecular complexity index is 691. The quantitative estimate of drug-likeness (QED) is 0.483. The highest BCUT2D eigenvalue weighted by Crippen LogP contribution is 2.20. The van der Waals surface area contributed by atoms with Crippen LogP contribution in [0.2, 0.25) is 0 Å². The molecule has 0 atom stereocenters. The molecule has 21 heavy (non-hydrogen) atoms. The fourth-order valence-electron chi connectivity index (χ4n) is 1.91. The van der Waals surface area contributed by atoms with Gasteiger partial charge in [0.25, 0.3) is 11.6 Å². The van der Waals surface area contributed by atoms with Gasteiger partial charge in [0.2, 0.25) is 0 Å². The van der Waals surface area contributed by atoms with Crippen molar-refractivity contribution in [1.82, 2.24) is 9.88 Å². The van der Waals surface area contributed by atoms with Crippen molar-refractivity contribution in [1.29, 1.82) is 0 Å². The average molecular weight is 350 g/mol. The molecule has 6 nitrogen and oxygen atoms in total. The van der Waals surface area contributed by atoms with Crippen LogP contribution in [0.1, 0.15) is 15.9 Å². The summed E-state index contributed by atoms with van der Waals surface area (Å²) in [6.07, 6.45) is 1.52. The molecule has 0 aliphatic rings. The third-order valence-electron chi connectivity index (χ3n) is 2.92. The molecule has 0 fully saturated rings. The topological polar surface area (TPSA) is 76.3 Å². The minimum Gasteiger partial charge on any atom is -0.337 e. The summed E-state index contributed by atoms with van der Waals surface area (Å²) in [6.45, 7) is 0.163. The van der Waals surface area contributed by atoms with Crippen LogP contribution in [0, 0.1) is 10.1 Å². The number of carbonyl (C=O) groups is 1. The molecule has 0 N–H and O–H groups in total. The van der Waals surface area contributed by atoms with Gasteiger partial charge in [-0.25, -0.2) is 4.98 Å². The van der Waals surface area contributed by atoms with Crippen LogP contribution in [-0.2, 0) is 6.54 Å². The first-order valence-electron chi connectivity index (χ1n) is 6.08. The zero-order valence-electron chi connectivity index (χ0n) is 11.2. The molecule has 2 aromatic rings. The van der Waals surface area contributed by atoms with Crippen molar-refractivity contribution in [2.75, 3.05) is 7.05 Å². The number of para-hydroxylation sites is 1. The minimum absolute atomic E-state index is 0.00746. The first-order chi connectivity index (χ1) is 9.99. The molecule has 0 aliphatic heterocycles. The van der Waals surface area contributed by atoms with E-state index in [1.165, 1.54) is 17.2 Å². The van der Waals surface area contributed by atoms with Crippen LogP contribution >= 0.6 is 15.9 Å². The van der Waals surface area contributed by atoms with Crippen molar-refractivity contribution in [3.8, 4) is 0 Å². The van der Waals surface area contributed by atoms with Crippen molar-refractivity contribution < 1.29 is 9.72 Å². The highest BCUT2D eigenvalue weighted by atomic mass is 79.9. The van der Waals surface area contributed by atoms with Crippen LogP contribution in [0.25, 0.3) is 0 Å². The Balaban J connectivity index is 2.20. The highest BCUT2D eigenvalue weighted by Gasteiger charge is 2.18. The molecule has 1 amide bonds. The van der Waals surface area contributed by atoms with E-state index < -0.39 is 4.92 Å². The van der Waals surface area contributed by atoms with Gasteiger partial charge < -0.3 is 4.90 Å². The molecular weight excluding hydrogens is 338 g/mol. The summed E-state index contributed by atoms with van der Waals surface area (Å²) >= 11 is 3.21. The highest BCUT2D eigenvalue weighted by molar-refractivity contribution is 9.10. The van der Waals surface area contributed by atoms with Gasteiger partial charge in [-0.3, -0.25) is 14.9 Å². The van der Waals surface area contributed by atoms with Crippen LogP contribution in [0.15, 0.2) is 47.2 Å². The lowest BCUT2D eigenvalue weighted by Crippen LogP contribution is -2.26. The molecule has 2 rings (SSSR count). The lowest BCUT2D eigenvalue weighted by atomic mass is 10.1. The fourth-order valence-corrected chi connectivity index (χ4v) is 2.27. The fraction of sp³-hybridized carbons (Fsp3) is 0.143. The SMILES string of the molecule is CN(Cc1ccccc1[N+](=O)[O-])C(=O)c1ccnc(Br)c1. The van der Waals surface area contributed by atoms with Gasteiger partial charge >= 0.3 is 0 Å². The number of nitro benzene ring substituents is 1. The number of hydrogen-bond acceptors (Lipinski definition) is 4. The number of aromatic nitrogens is 1. The largest absolute Gasteiger partial charge is 0.337 e. The molecule has 0 spiro atoms. The minimum atomic E-state index is -0.448. The molecule has 1 aromatic heterocycles. The summed E-state index contributed by atoms with van der Waals surface area (Å²) in [4.78, 5) is 28.2. The normalized spacial score (nSPS) is 10.2. The smallest absolute Gasteiger partial charge is 0.274 e. The van der Waals surface area contributed by atoms with Crippen LogP contribution in [0.4, 0.5) is 5.69 Å². The molecule has 7 heteroatoms. The Hall–Kier alpha value is -2.28. The Kier molecular flexibility index (Phi) is 4.64. The average Bonchev–Trinajstić information content (AvgIpc) is 2.46. The second kappa shape index (κ2) is 6.45. The maximum atomic E-state index is 12.3. The molecular formula is C14H12BrN3O3. The van der Waals surface area contributed by atoms with E-state index >= 15 is 0 Å². The van der Waals surface area contributed by atoms with Gasteiger partial charge in [-0.05, 0) is 28.1 Å². The predicted octanol–water partition coefficient (Wildman–Crippen LogP) is 3.02. The van der Waals surface area contributed by atoms with Gasteiger partial charge in [-0.2, -0.15) is 0 Å². The van der Waals surface area contributed by atoms with Gasteiger partial charge in [0, 0.05) is 30.4 Å². The third-order valence-corrected chi connectivity index (χ3v) is 3.35. The second-order valence-electron chi connectivity index (χ2n) is 4.41. The number of nitrogens with zero attached hydrogens (tertiary/aromatic N) is 3. The standard InChI is InChI=1S/C14H12BrN3O3/c1-17(14(19)10-6-7-16-13(15)8-10)9-11-4-2-3-5-12(11)18(20)21/h2-8H,9H2,1H3. The van der Waals surface area contributed by atoms with Gasteiger partial charge in [-0.15, -0.1) is 0 Å². The number of amides is 1. The zero-order valence-corrected chi connectivity index (χ0v) is 12.8. The van der Waals surface area contributed by atoms with Crippen LogP contribution in [-0.4, -0.2) is 27.8 Å². The zero-order chi connectivity index (χ0) is 15.4. The van der Waals surface area contributed by atoms with Crippen molar-refractivity contribution in [3.63, 3.8) is 0 Å². The van der Waals surface area contributed by atoms with Crippen molar-refractivity contribution >= 4 is 27.5 Å². The maximum absolute atomic E-state index is 12.3. The van der Waals surface area contributed by atoms with Crippen LogP contribution < -0.4 is 0 Å². The van der Waals surface area contributed by atoms with E-state index in [4.69, 9.17) is 0 Å². The molecule has 0 bridgehead atoms.